The molecule has 1 aliphatic heterocycles. The summed E-state index contributed by atoms with van der Waals surface area (Å²) < 4.78 is 5.40. The van der Waals surface area contributed by atoms with Gasteiger partial charge in [-0.3, -0.25) is 0 Å². The zero-order chi connectivity index (χ0) is 13.9. The summed E-state index contributed by atoms with van der Waals surface area (Å²) in [7, 11) is 2.14. The lowest BCUT2D eigenvalue weighted by Gasteiger charge is -2.26. The van der Waals surface area contributed by atoms with E-state index in [1.807, 2.05) is 25.7 Å². The van der Waals surface area contributed by atoms with Crippen LogP contribution in [0.4, 0.5) is 4.79 Å². The van der Waals surface area contributed by atoms with Crippen LogP contribution in [0, 0.1) is 5.92 Å². The fraction of sp³-hybridized carbons (Fsp3) is 0.929. The van der Waals surface area contributed by atoms with Crippen molar-refractivity contribution >= 4 is 6.09 Å². The molecule has 0 bridgehead atoms. The van der Waals surface area contributed by atoms with Crippen molar-refractivity contribution in [3.05, 3.63) is 0 Å². The number of likely N-dealkylation sites (tertiary alicyclic amines) is 1. The highest BCUT2D eigenvalue weighted by atomic mass is 16.6. The molecule has 0 saturated carbocycles. The van der Waals surface area contributed by atoms with Crippen LogP contribution in [0.1, 0.15) is 41.0 Å². The molecule has 4 heteroatoms. The number of ether oxygens (including phenoxy) is 1. The SMILES string of the molecule is CC(C)N(C)CC1CCN(C(=O)OC(C)(C)C)C1. The lowest BCUT2D eigenvalue weighted by molar-refractivity contribution is 0.0285. The van der Waals surface area contributed by atoms with Crippen molar-refractivity contribution in [1.82, 2.24) is 9.80 Å². The van der Waals surface area contributed by atoms with Gasteiger partial charge in [-0.1, -0.05) is 0 Å². The molecule has 1 unspecified atom stereocenters. The van der Waals surface area contributed by atoms with Crippen molar-refractivity contribution < 1.29 is 9.53 Å². The van der Waals surface area contributed by atoms with Crippen molar-refractivity contribution in [3.63, 3.8) is 0 Å². The Balaban J connectivity index is 2.39. The molecule has 1 fully saturated rings. The molecule has 1 saturated heterocycles. The van der Waals surface area contributed by atoms with Gasteiger partial charge in [-0.05, 0) is 54.0 Å². The predicted molar refractivity (Wildman–Crippen MR) is 73.7 cm³/mol. The maximum absolute atomic E-state index is 11.9. The van der Waals surface area contributed by atoms with Gasteiger partial charge < -0.3 is 14.5 Å². The summed E-state index contributed by atoms with van der Waals surface area (Å²) in [5.41, 5.74) is -0.399. The summed E-state index contributed by atoms with van der Waals surface area (Å²) in [5, 5.41) is 0. The molecule has 4 nitrogen and oxygen atoms in total. The summed E-state index contributed by atoms with van der Waals surface area (Å²) in [6.07, 6.45) is 0.910. The first-order chi connectivity index (χ1) is 8.19. The molecule has 1 aliphatic rings. The van der Waals surface area contributed by atoms with Gasteiger partial charge in [0.2, 0.25) is 0 Å². The minimum atomic E-state index is -0.399. The average Bonchev–Trinajstić information content (AvgIpc) is 2.63. The molecular formula is C14H28N2O2. The third kappa shape index (κ3) is 4.84. The minimum Gasteiger partial charge on any atom is -0.444 e. The van der Waals surface area contributed by atoms with E-state index in [4.69, 9.17) is 4.74 Å². The van der Waals surface area contributed by atoms with Crippen LogP contribution in [0.15, 0.2) is 0 Å². The number of carbonyl (C=O) groups is 1. The highest BCUT2D eigenvalue weighted by molar-refractivity contribution is 5.68. The fourth-order valence-corrected chi connectivity index (χ4v) is 2.09. The molecule has 18 heavy (non-hydrogen) atoms. The van der Waals surface area contributed by atoms with Crippen LogP contribution < -0.4 is 0 Å². The molecule has 1 rings (SSSR count). The molecule has 0 aromatic rings. The van der Waals surface area contributed by atoms with Gasteiger partial charge in [0.05, 0.1) is 0 Å². The number of carbonyl (C=O) groups excluding carboxylic acids is 1. The molecule has 1 atom stereocenters. The summed E-state index contributed by atoms with van der Waals surface area (Å²) in [6.45, 7) is 12.8. The Labute approximate surface area is 111 Å². The molecule has 0 aromatic carbocycles. The zero-order valence-corrected chi connectivity index (χ0v) is 12.7. The van der Waals surface area contributed by atoms with Crippen molar-refractivity contribution in [2.24, 2.45) is 5.92 Å². The minimum absolute atomic E-state index is 0.169. The Hall–Kier alpha value is -0.770. The van der Waals surface area contributed by atoms with E-state index in [9.17, 15) is 4.79 Å². The quantitative estimate of drug-likeness (QED) is 0.778. The first kappa shape index (κ1) is 15.3. The Morgan fingerprint density at radius 1 is 1.44 bits per heavy atom. The second-order valence-corrected chi connectivity index (χ2v) is 6.61. The summed E-state index contributed by atoms with van der Waals surface area (Å²) >= 11 is 0. The van der Waals surface area contributed by atoms with E-state index < -0.39 is 5.60 Å². The lowest BCUT2D eigenvalue weighted by atomic mass is 10.1. The van der Waals surface area contributed by atoms with E-state index in [2.05, 4.69) is 25.8 Å². The van der Waals surface area contributed by atoms with Crippen molar-refractivity contribution in [2.45, 2.75) is 52.7 Å². The van der Waals surface area contributed by atoms with Gasteiger partial charge in [0.15, 0.2) is 0 Å². The topological polar surface area (TPSA) is 32.8 Å². The Bertz CT molecular complexity index is 284. The summed E-state index contributed by atoms with van der Waals surface area (Å²) in [6, 6.07) is 0.556. The number of rotatable bonds is 3. The smallest absolute Gasteiger partial charge is 0.410 e. The lowest BCUT2D eigenvalue weighted by Crippen LogP contribution is -2.37. The van der Waals surface area contributed by atoms with Crippen LogP contribution in [0.5, 0.6) is 0 Å². The Morgan fingerprint density at radius 3 is 2.56 bits per heavy atom. The van der Waals surface area contributed by atoms with Crippen LogP contribution in [-0.4, -0.2) is 54.2 Å². The predicted octanol–water partition coefficient (Wildman–Crippen LogP) is 2.58. The van der Waals surface area contributed by atoms with Gasteiger partial charge in [-0.25, -0.2) is 4.79 Å². The first-order valence-corrected chi connectivity index (χ1v) is 6.87. The highest BCUT2D eigenvalue weighted by Gasteiger charge is 2.30. The summed E-state index contributed by atoms with van der Waals surface area (Å²) in [5.74, 6) is 0.574. The van der Waals surface area contributed by atoms with Crippen LogP contribution in [0.25, 0.3) is 0 Å². The Kier molecular flexibility index (Phi) is 5.02. The molecule has 1 amide bonds. The molecule has 0 spiro atoms. The molecule has 0 radical (unpaired) electrons. The number of amides is 1. The van der Waals surface area contributed by atoms with Gasteiger partial charge in [-0.2, -0.15) is 0 Å². The van der Waals surface area contributed by atoms with Gasteiger partial charge >= 0.3 is 6.09 Å². The Morgan fingerprint density at radius 2 is 2.06 bits per heavy atom. The van der Waals surface area contributed by atoms with Gasteiger partial charge in [-0.15, -0.1) is 0 Å². The van der Waals surface area contributed by atoms with Crippen LogP contribution in [0.3, 0.4) is 0 Å². The van der Waals surface area contributed by atoms with Crippen molar-refractivity contribution in [2.75, 3.05) is 26.7 Å². The van der Waals surface area contributed by atoms with E-state index in [1.165, 1.54) is 0 Å². The fourth-order valence-electron chi connectivity index (χ4n) is 2.09. The summed E-state index contributed by atoms with van der Waals surface area (Å²) in [4.78, 5) is 16.1. The second-order valence-electron chi connectivity index (χ2n) is 6.61. The number of hydrogen-bond acceptors (Lipinski definition) is 3. The first-order valence-electron chi connectivity index (χ1n) is 6.87. The largest absolute Gasteiger partial charge is 0.444 e. The molecular weight excluding hydrogens is 228 g/mol. The van der Waals surface area contributed by atoms with Crippen LogP contribution in [-0.2, 0) is 4.74 Å². The van der Waals surface area contributed by atoms with Crippen molar-refractivity contribution in [3.8, 4) is 0 Å². The number of nitrogens with zero attached hydrogens (tertiary/aromatic N) is 2. The second kappa shape index (κ2) is 5.91. The zero-order valence-electron chi connectivity index (χ0n) is 12.7. The number of hydrogen-bond donors (Lipinski definition) is 0. The average molecular weight is 256 g/mol. The van der Waals surface area contributed by atoms with E-state index in [0.717, 1.165) is 26.1 Å². The third-order valence-corrected chi connectivity index (χ3v) is 3.37. The maximum atomic E-state index is 11.9. The van der Waals surface area contributed by atoms with Gasteiger partial charge in [0.25, 0.3) is 0 Å². The molecule has 0 aromatic heterocycles. The van der Waals surface area contributed by atoms with Gasteiger partial charge in [0, 0.05) is 25.7 Å². The van der Waals surface area contributed by atoms with Crippen LogP contribution in [0.2, 0.25) is 0 Å². The van der Waals surface area contributed by atoms with E-state index >= 15 is 0 Å². The normalized spacial score (nSPS) is 20.9. The third-order valence-electron chi connectivity index (χ3n) is 3.37. The van der Waals surface area contributed by atoms with E-state index in [0.29, 0.717) is 12.0 Å². The van der Waals surface area contributed by atoms with E-state index in [1.54, 1.807) is 0 Å². The molecule has 106 valence electrons. The molecule has 0 aliphatic carbocycles. The maximum Gasteiger partial charge on any atom is 0.410 e. The molecule has 0 N–H and O–H groups in total. The van der Waals surface area contributed by atoms with Gasteiger partial charge in [0.1, 0.15) is 5.60 Å². The van der Waals surface area contributed by atoms with Crippen LogP contribution >= 0.6 is 0 Å². The molecule has 1 heterocycles. The van der Waals surface area contributed by atoms with E-state index in [-0.39, 0.29) is 6.09 Å². The highest BCUT2D eigenvalue weighted by Crippen LogP contribution is 2.20. The monoisotopic (exact) mass is 256 g/mol. The standard InChI is InChI=1S/C14H28N2O2/c1-11(2)15(6)9-12-7-8-16(10-12)13(17)18-14(3,4)5/h11-12H,7-10H2,1-6H3. The van der Waals surface area contributed by atoms with Crippen molar-refractivity contribution in [1.29, 1.82) is 0 Å².